The molecule has 0 fully saturated rings. The molecule has 1 rings (SSSR count). The lowest BCUT2D eigenvalue weighted by atomic mass is 10.0. The predicted octanol–water partition coefficient (Wildman–Crippen LogP) is 4.74. The van der Waals surface area contributed by atoms with Crippen molar-refractivity contribution in [3.05, 3.63) is 23.3 Å². The summed E-state index contributed by atoms with van der Waals surface area (Å²) >= 11 is 0. The molecule has 0 N–H and O–H groups in total. The summed E-state index contributed by atoms with van der Waals surface area (Å²) in [6.45, 7) is 32.6. The molecule has 0 bridgehead atoms. The first-order valence-corrected chi connectivity index (χ1v) is 20.6. The molecule has 3 nitrogen and oxygen atoms in total. The summed E-state index contributed by atoms with van der Waals surface area (Å²) in [7, 11) is 0.404. The van der Waals surface area contributed by atoms with Gasteiger partial charge < -0.3 is 4.43 Å². The van der Waals surface area contributed by atoms with Crippen molar-refractivity contribution in [2.24, 2.45) is 0 Å². The largest absolute Gasteiger partial charge is 0.412 e. The summed E-state index contributed by atoms with van der Waals surface area (Å²) in [5.41, 5.74) is 3.63. The van der Waals surface area contributed by atoms with Crippen molar-refractivity contribution in [2.45, 2.75) is 111 Å². The second-order valence-corrected chi connectivity index (χ2v) is 18.4. The Hall–Kier alpha value is -0.0325. The average Bonchev–Trinajstić information content (AvgIpc) is 2.77. The highest BCUT2D eigenvalue weighted by Gasteiger charge is 2.26. The van der Waals surface area contributed by atoms with E-state index >= 15 is 0 Å². The molecule has 0 spiro atoms. The lowest BCUT2D eigenvalue weighted by Gasteiger charge is -2.38. The van der Waals surface area contributed by atoms with E-state index in [0.717, 1.165) is 35.7 Å². The minimum atomic E-state index is -0.558. The van der Waals surface area contributed by atoms with Crippen LogP contribution in [0.25, 0.3) is 0 Å². The molecule has 0 saturated carbocycles. The van der Waals surface area contributed by atoms with Gasteiger partial charge in [-0.3, -0.25) is 9.80 Å². The molecule has 6 radical (unpaired) electrons. The summed E-state index contributed by atoms with van der Waals surface area (Å²) < 4.78 is 6.34. The molecule has 0 saturated heterocycles. The van der Waals surface area contributed by atoms with Crippen molar-refractivity contribution >= 4 is 47.2 Å². The third kappa shape index (κ3) is 9.45. The maximum Gasteiger partial charge on any atom is 0.238 e. The van der Waals surface area contributed by atoms with Gasteiger partial charge in [0, 0.05) is 11.4 Å². The number of nitrogens with zero attached hydrogens (tertiary/aromatic N) is 2. The van der Waals surface area contributed by atoms with Crippen LogP contribution < -0.4 is 10.4 Å². The zero-order chi connectivity index (χ0) is 26.1. The van der Waals surface area contributed by atoms with Crippen molar-refractivity contribution in [1.82, 2.24) is 9.80 Å². The lowest BCUT2D eigenvalue weighted by Crippen LogP contribution is -2.52. The number of hydrogen-bond acceptors (Lipinski definition) is 3. The van der Waals surface area contributed by atoms with E-state index in [1.165, 1.54) is 12.5 Å². The smallest absolute Gasteiger partial charge is 0.238 e. The Morgan fingerprint density at radius 2 is 1.41 bits per heavy atom. The monoisotopic (exact) mass is 532 g/mol. The SMILES string of the molecule is CCN(CC)C([Si]CCc1ccc([Si](C)C)c([Si](C)C)c1C(C)[Si]OC(C)(C)C)N(CC)CC. The fraction of sp³-hybridized carbons (Fsp3) is 0.778. The van der Waals surface area contributed by atoms with Crippen LogP contribution in [0.3, 0.4) is 0 Å². The fourth-order valence-corrected chi connectivity index (χ4v) is 11.7. The van der Waals surface area contributed by atoms with Gasteiger partial charge in [0.25, 0.3) is 0 Å². The lowest BCUT2D eigenvalue weighted by molar-refractivity contribution is 0.115. The molecule has 0 heterocycles. The molecule has 7 heteroatoms. The van der Waals surface area contributed by atoms with E-state index in [4.69, 9.17) is 4.43 Å². The van der Waals surface area contributed by atoms with Gasteiger partial charge in [-0.05, 0) is 70.0 Å². The standard InChI is InChI=1S/C27H52N2OSi4/c1-13-28(14-2)26(29(15-3)16-4)31-20-19-22-17-18-23(33(9)10)25(34(11)12)24(22)21(5)32-30-27(6,7)8/h17-18,21,26H,13-16,19-20H2,1-12H3. The highest BCUT2D eigenvalue weighted by atomic mass is 28.3. The minimum absolute atomic E-state index is 0.0799. The summed E-state index contributed by atoms with van der Waals surface area (Å²) in [6, 6.07) is 6.25. The van der Waals surface area contributed by atoms with Crippen LogP contribution >= 0.6 is 0 Å². The van der Waals surface area contributed by atoms with E-state index in [-0.39, 0.29) is 5.60 Å². The molecule has 1 aromatic carbocycles. The van der Waals surface area contributed by atoms with Crippen LogP contribution in [-0.2, 0) is 10.8 Å². The van der Waals surface area contributed by atoms with Crippen molar-refractivity contribution < 1.29 is 4.43 Å². The van der Waals surface area contributed by atoms with E-state index < -0.39 is 17.6 Å². The molecule has 192 valence electrons. The Bertz CT molecular complexity index is 701. The van der Waals surface area contributed by atoms with Crippen molar-refractivity contribution in [3.63, 3.8) is 0 Å². The summed E-state index contributed by atoms with van der Waals surface area (Å²) in [6.07, 6.45) is 1.19. The van der Waals surface area contributed by atoms with Crippen LogP contribution in [0.2, 0.25) is 32.2 Å². The van der Waals surface area contributed by atoms with Gasteiger partial charge in [-0.1, -0.05) is 89.4 Å². The van der Waals surface area contributed by atoms with Crippen LogP contribution in [0.15, 0.2) is 12.1 Å². The zero-order valence-corrected chi connectivity index (χ0v) is 28.4. The van der Waals surface area contributed by atoms with Gasteiger partial charge >= 0.3 is 0 Å². The summed E-state index contributed by atoms with van der Waals surface area (Å²) in [5.74, 6) is 0.578. The third-order valence-electron chi connectivity index (χ3n) is 6.39. The maximum atomic E-state index is 6.34. The molecule has 34 heavy (non-hydrogen) atoms. The Balaban J connectivity index is 3.29. The average molecular weight is 533 g/mol. The first-order chi connectivity index (χ1) is 15.9. The molecule has 1 aromatic rings. The van der Waals surface area contributed by atoms with Gasteiger partial charge in [-0.15, -0.1) is 0 Å². The highest BCUT2D eigenvalue weighted by Crippen LogP contribution is 2.22. The van der Waals surface area contributed by atoms with Crippen LogP contribution in [0.5, 0.6) is 0 Å². The number of aryl methyl sites for hydroxylation is 1. The van der Waals surface area contributed by atoms with Gasteiger partial charge in [0.2, 0.25) is 9.76 Å². The molecular formula is C27H52N2OSi4. The highest BCUT2D eigenvalue weighted by molar-refractivity contribution is 6.82. The Morgan fingerprint density at radius 3 is 1.82 bits per heavy atom. The normalized spacial score (nSPS) is 13.8. The second-order valence-electron chi connectivity index (χ2n) is 10.6. The molecule has 0 aliphatic carbocycles. The van der Waals surface area contributed by atoms with E-state index in [2.05, 4.69) is 104 Å². The molecule has 0 aromatic heterocycles. The summed E-state index contributed by atoms with van der Waals surface area (Å²) in [4.78, 5) is 5.31. The third-order valence-corrected chi connectivity index (χ3v) is 12.7. The molecule has 0 aliphatic heterocycles. The van der Waals surface area contributed by atoms with Crippen LogP contribution in [0, 0.1) is 0 Å². The van der Waals surface area contributed by atoms with Crippen LogP contribution in [0.1, 0.15) is 72.1 Å². The van der Waals surface area contributed by atoms with Crippen LogP contribution in [-0.4, -0.2) is 84.2 Å². The molecule has 0 amide bonds. The minimum Gasteiger partial charge on any atom is -0.412 e. The van der Waals surface area contributed by atoms with Gasteiger partial charge in [0.1, 0.15) is 0 Å². The van der Waals surface area contributed by atoms with E-state index in [0.29, 0.717) is 21.1 Å². The van der Waals surface area contributed by atoms with Gasteiger partial charge in [0.05, 0.1) is 27.1 Å². The Labute approximate surface area is 221 Å². The maximum absolute atomic E-state index is 6.34. The van der Waals surface area contributed by atoms with E-state index in [9.17, 15) is 0 Å². The van der Waals surface area contributed by atoms with Crippen molar-refractivity contribution in [1.29, 1.82) is 0 Å². The van der Waals surface area contributed by atoms with Crippen molar-refractivity contribution in [3.8, 4) is 0 Å². The topological polar surface area (TPSA) is 15.7 Å². The summed E-state index contributed by atoms with van der Waals surface area (Å²) in [5, 5.41) is 3.40. The van der Waals surface area contributed by atoms with Crippen molar-refractivity contribution in [2.75, 3.05) is 26.2 Å². The van der Waals surface area contributed by atoms with Gasteiger partial charge in [-0.25, -0.2) is 0 Å². The molecular weight excluding hydrogens is 481 g/mol. The van der Waals surface area contributed by atoms with E-state index in [1.807, 2.05) is 0 Å². The Morgan fingerprint density at radius 1 is 0.882 bits per heavy atom. The van der Waals surface area contributed by atoms with Crippen LogP contribution in [0.4, 0.5) is 0 Å². The predicted molar refractivity (Wildman–Crippen MR) is 160 cm³/mol. The number of hydrogen-bond donors (Lipinski definition) is 0. The first kappa shape index (κ1) is 32.0. The Kier molecular flexibility index (Phi) is 14.4. The quantitative estimate of drug-likeness (QED) is 0.240. The van der Waals surface area contributed by atoms with E-state index in [1.54, 1.807) is 21.5 Å². The van der Waals surface area contributed by atoms with Gasteiger partial charge in [0.15, 0.2) is 0 Å². The van der Waals surface area contributed by atoms with Gasteiger partial charge in [-0.2, -0.15) is 0 Å². The fourth-order valence-electron chi connectivity index (χ4n) is 4.62. The second kappa shape index (κ2) is 15.3. The molecule has 1 unspecified atom stereocenters. The number of benzene rings is 1. The zero-order valence-electron chi connectivity index (χ0n) is 24.4. The molecule has 0 aliphatic rings. The molecule has 1 atom stereocenters. The first-order valence-electron chi connectivity index (χ1n) is 13.3. The number of rotatable bonds is 15.